The van der Waals surface area contributed by atoms with Crippen LogP contribution in [0.15, 0.2) is 24.5 Å². The minimum absolute atomic E-state index is 0.145. The van der Waals surface area contributed by atoms with Gasteiger partial charge in [-0.05, 0) is 85.8 Å². The molecular weight excluding hydrogens is 440 g/mol. The average molecular weight is 475 g/mol. The van der Waals surface area contributed by atoms with Crippen molar-refractivity contribution in [2.75, 3.05) is 25.1 Å². The standard InChI is InChI=1S/C28H34N4O3/c33-26(14-28-11-19-7-20(12-28)9-21(8-19)13-28)31-27-22-3-4-32(16-23(22)29-17-30-27)15-18-1-2-24-25(10-18)35-6-5-34-24/h1-2,10,17,19-21H,3-9,11-16H2,(H,29,30,31,33). The van der Waals surface area contributed by atoms with Crippen LogP contribution in [0.5, 0.6) is 11.5 Å². The van der Waals surface area contributed by atoms with Crippen LogP contribution in [0.25, 0.3) is 0 Å². The highest BCUT2D eigenvalue weighted by Crippen LogP contribution is 2.61. The minimum Gasteiger partial charge on any atom is -0.486 e. The second-order valence-corrected chi connectivity index (χ2v) is 11.7. The molecule has 1 aromatic heterocycles. The van der Waals surface area contributed by atoms with Gasteiger partial charge in [0, 0.05) is 31.6 Å². The quantitative estimate of drug-likeness (QED) is 0.694. The van der Waals surface area contributed by atoms with Gasteiger partial charge in [-0.15, -0.1) is 0 Å². The molecule has 184 valence electrons. The topological polar surface area (TPSA) is 76.6 Å². The summed E-state index contributed by atoms with van der Waals surface area (Å²) < 4.78 is 11.4. The summed E-state index contributed by atoms with van der Waals surface area (Å²) in [5.74, 6) is 5.11. The van der Waals surface area contributed by atoms with E-state index in [-0.39, 0.29) is 11.3 Å². The number of anilines is 1. The number of benzene rings is 1. The van der Waals surface area contributed by atoms with Gasteiger partial charge in [0.1, 0.15) is 25.4 Å². The van der Waals surface area contributed by atoms with Gasteiger partial charge in [0.05, 0.1) is 5.69 Å². The number of carbonyl (C=O) groups excluding carboxylic acids is 1. The lowest BCUT2D eigenvalue weighted by Gasteiger charge is -2.56. The van der Waals surface area contributed by atoms with Crippen molar-refractivity contribution in [1.29, 1.82) is 0 Å². The lowest BCUT2D eigenvalue weighted by Crippen LogP contribution is -2.47. The van der Waals surface area contributed by atoms with Gasteiger partial charge in [0.15, 0.2) is 11.5 Å². The lowest BCUT2D eigenvalue weighted by molar-refractivity contribution is -0.124. The summed E-state index contributed by atoms with van der Waals surface area (Å²) in [6, 6.07) is 6.19. The summed E-state index contributed by atoms with van der Waals surface area (Å²) in [5, 5.41) is 3.20. The summed E-state index contributed by atoms with van der Waals surface area (Å²) in [6.07, 6.45) is 11.1. The van der Waals surface area contributed by atoms with Crippen LogP contribution in [0.1, 0.15) is 61.8 Å². The van der Waals surface area contributed by atoms with E-state index in [0.717, 1.165) is 72.4 Å². The molecule has 0 radical (unpaired) electrons. The predicted octanol–water partition coefficient (Wildman–Crippen LogP) is 4.35. The molecule has 4 fully saturated rings. The van der Waals surface area contributed by atoms with Crippen LogP contribution < -0.4 is 14.8 Å². The maximum atomic E-state index is 13.2. The van der Waals surface area contributed by atoms with Crippen molar-refractivity contribution in [3.8, 4) is 11.5 Å². The molecule has 1 aromatic carbocycles. The van der Waals surface area contributed by atoms with Gasteiger partial charge in [0.25, 0.3) is 0 Å². The Morgan fingerprint density at radius 2 is 1.77 bits per heavy atom. The van der Waals surface area contributed by atoms with Gasteiger partial charge in [-0.1, -0.05) is 6.07 Å². The molecule has 0 unspecified atom stereocenters. The molecule has 6 aliphatic rings. The van der Waals surface area contributed by atoms with Gasteiger partial charge in [-0.2, -0.15) is 0 Å². The molecule has 7 nitrogen and oxygen atoms in total. The van der Waals surface area contributed by atoms with E-state index in [0.29, 0.717) is 19.6 Å². The Morgan fingerprint density at radius 3 is 2.54 bits per heavy atom. The van der Waals surface area contributed by atoms with Crippen LogP contribution in [0, 0.1) is 23.2 Å². The van der Waals surface area contributed by atoms with Crippen molar-refractivity contribution < 1.29 is 14.3 Å². The summed E-state index contributed by atoms with van der Waals surface area (Å²) in [6.45, 7) is 3.70. The number of nitrogens with zero attached hydrogens (tertiary/aromatic N) is 3. The third-order valence-corrected chi connectivity index (χ3v) is 9.06. The SMILES string of the molecule is O=C(CC12CC3CC(CC(C3)C1)C2)Nc1ncnc2c1CCN(Cc1ccc3c(c1)OCCO3)C2. The van der Waals surface area contributed by atoms with Crippen molar-refractivity contribution in [3.63, 3.8) is 0 Å². The molecule has 4 saturated carbocycles. The zero-order valence-electron chi connectivity index (χ0n) is 20.3. The molecule has 0 atom stereocenters. The maximum Gasteiger partial charge on any atom is 0.226 e. The second-order valence-electron chi connectivity index (χ2n) is 11.7. The van der Waals surface area contributed by atoms with Crippen LogP contribution in [-0.4, -0.2) is 40.5 Å². The highest BCUT2D eigenvalue weighted by atomic mass is 16.6. The third kappa shape index (κ3) is 4.18. The zero-order valence-corrected chi connectivity index (χ0v) is 20.3. The highest BCUT2D eigenvalue weighted by molar-refractivity contribution is 5.91. The summed E-state index contributed by atoms with van der Waals surface area (Å²) >= 11 is 0. The van der Waals surface area contributed by atoms with E-state index in [1.54, 1.807) is 6.33 Å². The molecule has 8 rings (SSSR count). The fraction of sp³-hybridized carbons (Fsp3) is 0.607. The first-order chi connectivity index (χ1) is 17.1. The van der Waals surface area contributed by atoms with Crippen molar-refractivity contribution in [3.05, 3.63) is 41.3 Å². The number of nitrogens with one attached hydrogen (secondary N) is 1. The van der Waals surface area contributed by atoms with Gasteiger partial charge in [0.2, 0.25) is 5.91 Å². The Morgan fingerprint density at radius 1 is 1.03 bits per heavy atom. The molecular formula is C28H34N4O3. The average Bonchev–Trinajstić information content (AvgIpc) is 2.83. The number of rotatable bonds is 5. The van der Waals surface area contributed by atoms with Crippen molar-refractivity contribution >= 4 is 11.7 Å². The molecule has 2 aromatic rings. The largest absolute Gasteiger partial charge is 0.486 e. The van der Waals surface area contributed by atoms with Crippen LogP contribution in [-0.2, 0) is 24.3 Å². The molecule has 0 spiro atoms. The Bertz CT molecular complexity index is 1110. The molecule has 1 N–H and O–H groups in total. The van der Waals surface area contributed by atoms with Gasteiger partial charge < -0.3 is 14.8 Å². The zero-order chi connectivity index (χ0) is 23.4. The van der Waals surface area contributed by atoms with Crippen LogP contribution >= 0.6 is 0 Å². The van der Waals surface area contributed by atoms with Crippen molar-refractivity contribution in [2.24, 2.45) is 23.2 Å². The molecule has 2 aliphatic heterocycles. The number of ether oxygens (including phenoxy) is 2. The van der Waals surface area contributed by atoms with E-state index in [9.17, 15) is 4.79 Å². The van der Waals surface area contributed by atoms with Crippen LogP contribution in [0.2, 0.25) is 0 Å². The van der Waals surface area contributed by atoms with Crippen LogP contribution in [0.4, 0.5) is 5.82 Å². The Balaban J connectivity index is 1.01. The summed E-state index contributed by atoms with van der Waals surface area (Å²) in [7, 11) is 0. The van der Waals surface area contributed by atoms with E-state index in [4.69, 9.17) is 9.47 Å². The molecule has 7 heteroatoms. The van der Waals surface area contributed by atoms with E-state index in [2.05, 4.69) is 32.3 Å². The first-order valence-electron chi connectivity index (χ1n) is 13.3. The highest BCUT2D eigenvalue weighted by Gasteiger charge is 2.51. The molecule has 4 aliphatic carbocycles. The van der Waals surface area contributed by atoms with Gasteiger partial charge in [-0.3, -0.25) is 9.69 Å². The fourth-order valence-corrected chi connectivity index (χ4v) is 8.12. The number of amides is 1. The summed E-state index contributed by atoms with van der Waals surface area (Å²) in [4.78, 5) is 24.7. The number of fused-ring (bicyclic) bond motifs is 2. The smallest absolute Gasteiger partial charge is 0.226 e. The number of aromatic nitrogens is 2. The molecule has 3 heterocycles. The number of hydrogen-bond donors (Lipinski definition) is 1. The Labute approximate surface area is 206 Å². The Kier molecular flexibility index (Phi) is 5.23. The van der Waals surface area contributed by atoms with E-state index in [1.165, 1.54) is 44.1 Å². The van der Waals surface area contributed by atoms with E-state index < -0.39 is 0 Å². The van der Waals surface area contributed by atoms with Crippen molar-refractivity contribution in [1.82, 2.24) is 14.9 Å². The van der Waals surface area contributed by atoms with Crippen LogP contribution in [0.3, 0.4) is 0 Å². The van der Waals surface area contributed by atoms with Crippen molar-refractivity contribution in [2.45, 2.75) is 64.5 Å². The molecule has 0 saturated heterocycles. The second kappa shape index (κ2) is 8.47. The monoisotopic (exact) mass is 474 g/mol. The molecule has 35 heavy (non-hydrogen) atoms. The van der Waals surface area contributed by atoms with E-state index >= 15 is 0 Å². The third-order valence-electron chi connectivity index (χ3n) is 9.06. The van der Waals surface area contributed by atoms with Gasteiger partial charge >= 0.3 is 0 Å². The normalized spacial score (nSPS) is 30.7. The van der Waals surface area contributed by atoms with E-state index in [1.807, 2.05) is 6.07 Å². The minimum atomic E-state index is 0.145. The predicted molar refractivity (Wildman–Crippen MR) is 131 cm³/mol. The summed E-state index contributed by atoms with van der Waals surface area (Å²) in [5.41, 5.74) is 3.57. The number of hydrogen-bond acceptors (Lipinski definition) is 6. The maximum absolute atomic E-state index is 13.2. The first-order valence-corrected chi connectivity index (χ1v) is 13.3. The first kappa shape index (κ1) is 21.6. The lowest BCUT2D eigenvalue weighted by atomic mass is 9.49. The Hall–Kier alpha value is -2.67. The number of carbonyl (C=O) groups is 1. The van der Waals surface area contributed by atoms with Gasteiger partial charge in [-0.25, -0.2) is 9.97 Å². The molecule has 1 amide bonds. The fourth-order valence-electron chi connectivity index (χ4n) is 8.12. The molecule has 4 bridgehead atoms.